The van der Waals surface area contributed by atoms with Crippen LogP contribution in [0.2, 0.25) is 0 Å². The Morgan fingerprint density at radius 1 is 1.42 bits per heavy atom. The predicted octanol–water partition coefficient (Wildman–Crippen LogP) is 0.416. The Balaban J connectivity index is 2.29. The van der Waals surface area contributed by atoms with Crippen molar-refractivity contribution in [1.82, 2.24) is 20.3 Å². The Labute approximate surface area is 111 Å². The standard InChI is InChI=1S/C13H18N4O2/c1-3-14-10(9-19-2)8-17-13(18)11-6-4-5-7-12(11)15-16-17/h4-7,10,14H,3,8-9H2,1-2H3. The molecular weight excluding hydrogens is 244 g/mol. The minimum absolute atomic E-state index is 0.0446. The first-order valence-corrected chi connectivity index (χ1v) is 6.31. The summed E-state index contributed by atoms with van der Waals surface area (Å²) in [6, 6.07) is 7.26. The molecule has 1 unspecified atom stereocenters. The Morgan fingerprint density at radius 3 is 2.95 bits per heavy atom. The number of nitrogens with zero attached hydrogens (tertiary/aromatic N) is 3. The number of rotatable bonds is 6. The van der Waals surface area contributed by atoms with E-state index in [-0.39, 0.29) is 11.6 Å². The normalized spacial score (nSPS) is 12.7. The lowest BCUT2D eigenvalue weighted by Gasteiger charge is -2.17. The quantitative estimate of drug-likeness (QED) is 0.817. The molecule has 0 saturated carbocycles. The maximum Gasteiger partial charge on any atom is 0.277 e. The van der Waals surface area contributed by atoms with Crippen LogP contribution in [0.3, 0.4) is 0 Å². The van der Waals surface area contributed by atoms with Crippen molar-refractivity contribution in [2.24, 2.45) is 0 Å². The van der Waals surface area contributed by atoms with E-state index < -0.39 is 0 Å². The summed E-state index contributed by atoms with van der Waals surface area (Å²) in [5, 5.41) is 11.9. The molecule has 0 amide bonds. The maximum absolute atomic E-state index is 12.3. The molecule has 0 radical (unpaired) electrons. The van der Waals surface area contributed by atoms with Crippen molar-refractivity contribution in [3.8, 4) is 0 Å². The van der Waals surface area contributed by atoms with Crippen LogP contribution in [0, 0.1) is 0 Å². The number of nitrogens with one attached hydrogen (secondary N) is 1. The lowest BCUT2D eigenvalue weighted by molar-refractivity contribution is 0.156. The molecule has 1 N–H and O–H groups in total. The third-order valence-corrected chi connectivity index (χ3v) is 2.88. The van der Waals surface area contributed by atoms with Crippen LogP contribution in [0.25, 0.3) is 10.9 Å². The SMILES string of the molecule is CCNC(COC)Cn1nnc2ccccc2c1=O. The molecule has 0 fully saturated rings. The first-order valence-electron chi connectivity index (χ1n) is 6.31. The Bertz CT molecular complexity index is 590. The maximum atomic E-state index is 12.3. The summed E-state index contributed by atoms with van der Waals surface area (Å²) in [5.74, 6) is 0. The van der Waals surface area contributed by atoms with Crippen LogP contribution in [0.5, 0.6) is 0 Å². The number of hydrogen-bond acceptors (Lipinski definition) is 5. The summed E-state index contributed by atoms with van der Waals surface area (Å²) in [6.07, 6.45) is 0. The largest absolute Gasteiger partial charge is 0.383 e. The second kappa shape index (κ2) is 6.40. The highest BCUT2D eigenvalue weighted by Gasteiger charge is 2.11. The van der Waals surface area contributed by atoms with Gasteiger partial charge in [-0.15, -0.1) is 5.10 Å². The molecule has 19 heavy (non-hydrogen) atoms. The molecule has 0 aliphatic carbocycles. The summed E-state index contributed by atoms with van der Waals surface area (Å²) >= 11 is 0. The molecule has 0 aliphatic heterocycles. The first-order chi connectivity index (χ1) is 9.26. The lowest BCUT2D eigenvalue weighted by Crippen LogP contribution is -2.40. The Morgan fingerprint density at radius 2 is 2.21 bits per heavy atom. The van der Waals surface area contributed by atoms with Crippen LogP contribution >= 0.6 is 0 Å². The van der Waals surface area contributed by atoms with Crippen LogP contribution in [0.4, 0.5) is 0 Å². The molecular formula is C13H18N4O2. The van der Waals surface area contributed by atoms with Gasteiger partial charge in [-0.25, -0.2) is 4.68 Å². The zero-order valence-electron chi connectivity index (χ0n) is 11.2. The topological polar surface area (TPSA) is 69.0 Å². The van der Waals surface area contributed by atoms with Gasteiger partial charge < -0.3 is 10.1 Å². The van der Waals surface area contributed by atoms with E-state index in [1.807, 2.05) is 19.1 Å². The second-order valence-electron chi connectivity index (χ2n) is 4.30. The number of aromatic nitrogens is 3. The van der Waals surface area contributed by atoms with Crippen molar-refractivity contribution in [2.75, 3.05) is 20.3 Å². The van der Waals surface area contributed by atoms with Gasteiger partial charge in [0.2, 0.25) is 0 Å². The van der Waals surface area contributed by atoms with Crippen molar-refractivity contribution in [1.29, 1.82) is 0 Å². The van der Waals surface area contributed by atoms with Gasteiger partial charge in [0, 0.05) is 7.11 Å². The Kier molecular flexibility index (Phi) is 4.59. The van der Waals surface area contributed by atoms with Crippen molar-refractivity contribution in [3.05, 3.63) is 34.6 Å². The molecule has 0 spiro atoms. The fourth-order valence-electron chi connectivity index (χ4n) is 2.02. The zero-order chi connectivity index (χ0) is 13.7. The molecule has 1 aromatic heterocycles. The fourth-order valence-corrected chi connectivity index (χ4v) is 2.02. The number of ether oxygens (including phenoxy) is 1. The van der Waals surface area contributed by atoms with Gasteiger partial charge in [-0.05, 0) is 18.7 Å². The molecule has 102 valence electrons. The predicted molar refractivity (Wildman–Crippen MR) is 73.1 cm³/mol. The van der Waals surface area contributed by atoms with Gasteiger partial charge in [0.1, 0.15) is 5.52 Å². The lowest BCUT2D eigenvalue weighted by atomic mass is 10.2. The molecule has 1 heterocycles. The van der Waals surface area contributed by atoms with Crippen molar-refractivity contribution in [3.63, 3.8) is 0 Å². The highest BCUT2D eigenvalue weighted by Crippen LogP contribution is 2.03. The third-order valence-electron chi connectivity index (χ3n) is 2.88. The van der Waals surface area contributed by atoms with E-state index >= 15 is 0 Å². The number of hydrogen-bond donors (Lipinski definition) is 1. The first kappa shape index (κ1) is 13.6. The highest BCUT2D eigenvalue weighted by atomic mass is 16.5. The minimum atomic E-state index is -0.121. The molecule has 0 saturated heterocycles. The van der Waals surface area contributed by atoms with E-state index in [4.69, 9.17) is 4.74 Å². The third kappa shape index (κ3) is 3.15. The second-order valence-corrected chi connectivity index (χ2v) is 4.30. The smallest absolute Gasteiger partial charge is 0.277 e. The van der Waals surface area contributed by atoms with E-state index in [2.05, 4.69) is 15.6 Å². The van der Waals surface area contributed by atoms with Gasteiger partial charge in [-0.3, -0.25) is 4.79 Å². The average molecular weight is 262 g/mol. The van der Waals surface area contributed by atoms with Crippen LogP contribution in [-0.4, -0.2) is 41.3 Å². The van der Waals surface area contributed by atoms with E-state index in [1.54, 1.807) is 19.2 Å². The molecule has 1 atom stereocenters. The van der Waals surface area contributed by atoms with Crippen molar-refractivity contribution >= 4 is 10.9 Å². The number of benzene rings is 1. The summed E-state index contributed by atoms with van der Waals surface area (Å²) in [4.78, 5) is 12.3. The molecule has 6 nitrogen and oxygen atoms in total. The monoisotopic (exact) mass is 262 g/mol. The summed E-state index contributed by atoms with van der Waals surface area (Å²) in [5.41, 5.74) is 0.500. The average Bonchev–Trinajstić information content (AvgIpc) is 2.43. The van der Waals surface area contributed by atoms with Crippen LogP contribution in [0.1, 0.15) is 6.92 Å². The van der Waals surface area contributed by atoms with Crippen molar-refractivity contribution in [2.45, 2.75) is 19.5 Å². The van der Waals surface area contributed by atoms with E-state index in [0.717, 1.165) is 6.54 Å². The number of methoxy groups -OCH3 is 1. The highest BCUT2D eigenvalue weighted by molar-refractivity contribution is 5.76. The molecule has 2 rings (SSSR count). The minimum Gasteiger partial charge on any atom is -0.383 e. The molecule has 6 heteroatoms. The van der Waals surface area contributed by atoms with Gasteiger partial charge in [0.15, 0.2) is 0 Å². The Hall–Kier alpha value is -1.79. The van der Waals surface area contributed by atoms with Crippen LogP contribution in [0.15, 0.2) is 29.1 Å². The van der Waals surface area contributed by atoms with Crippen LogP contribution < -0.4 is 10.9 Å². The van der Waals surface area contributed by atoms with E-state index in [9.17, 15) is 4.79 Å². The van der Waals surface area contributed by atoms with E-state index in [1.165, 1.54) is 4.68 Å². The fraction of sp³-hybridized carbons (Fsp3) is 0.462. The summed E-state index contributed by atoms with van der Waals surface area (Å²) < 4.78 is 6.51. The zero-order valence-corrected chi connectivity index (χ0v) is 11.2. The summed E-state index contributed by atoms with van der Waals surface area (Å²) in [6.45, 7) is 3.79. The molecule has 2 aromatic rings. The number of likely N-dealkylation sites (N-methyl/N-ethyl adjacent to an activating group) is 1. The number of fused-ring (bicyclic) bond motifs is 1. The van der Waals surface area contributed by atoms with Gasteiger partial charge in [-0.2, -0.15) is 0 Å². The van der Waals surface area contributed by atoms with Crippen molar-refractivity contribution < 1.29 is 4.74 Å². The molecule has 0 bridgehead atoms. The van der Waals surface area contributed by atoms with Gasteiger partial charge in [-0.1, -0.05) is 24.3 Å². The van der Waals surface area contributed by atoms with E-state index in [0.29, 0.717) is 24.1 Å². The van der Waals surface area contributed by atoms with Gasteiger partial charge in [0.25, 0.3) is 5.56 Å². The molecule has 0 aliphatic rings. The summed E-state index contributed by atoms with van der Waals surface area (Å²) in [7, 11) is 1.64. The van der Waals surface area contributed by atoms with Gasteiger partial charge >= 0.3 is 0 Å². The molecule has 1 aromatic carbocycles. The van der Waals surface area contributed by atoms with Gasteiger partial charge in [0.05, 0.1) is 24.6 Å². The van der Waals surface area contributed by atoms with Crippen LogP contribution in [-0.2, 0) is 11.3 Å².